The van der Waals surface area contributed by atoms with E-state index >= 15 is 0 Å². The molecule has 30 heavy (non-hydrogen) atoms. The van der Waals surface area contributed by atoms with Gasteiger partial charge in [-0.1, -0.05) is 6.07 Å². The third-order valence-electron chi connectivity index (χ3n) is 4.10. The number of carbonyl (C=O) groups excluding carboxylic acids is 2. The minimum atomic E-state index is -0.486. The number of thiophene rings is 2. The summed E-state index contributed by atoms with van der Waals surface area (Å²) in [6.45, 7) is 3.85. The van der Waals surface area contributed by atoms with E-state index < -0.39 is 16.8 Å². The minimum Gasteiger partial charge on any atom is -0.462 e. The average molecular weight is 443 g/mol. The lowest BCUT2D eigenvalue weighted by Crippen LogP contribution is -2.12. The minimum absolute atomic E-state index is 0.0224. The van der Waals surface area contributed by atoms with Crippen molar-refractivity contribution in [1.82, 2.24) is 0 Å². The van der Waals surface area contributed by atoms with Crippen LogP contribution in [0.15, 0.2) is 47.9 Å². The number of anilines is 1. The smallest absolute Gasteiger partial charge is 0.341 e. The lowest BCUT2D eigenvalue weighted by molar-refractivity contribution is -0.384. The monoisotopic (exact) mass is 442 g/mol. The van der Waals surface area contributed by atoms with Gasteiger partial charge in [0.25, 0.3) is 5.69 Å². The number of nitro groups is 1. The first kappa shape index (κ1) is 21.4. The van der Waals surface area contributed by atoms with Crippen LogP contribution in [0.2, 0.25) is 0 Å². The average Bonchev–Trinajstić information content (AvgIpc) is 3.34. The van der Waals surface area contributed by atoms with Crippen LogP contribution in [-0.2, 0) is 9.53 Å². The molecule has 1 amide bonds. The molecule has 0 radical (unpaired) electrons. The zero-order valence-corrected chi connectivity index (χ0v) is 17.8. The summed E-state index contributed by atoms with van der Waals surface area (Å²) in [4.78, 5) is 37.1. The molecular formula is C21H18N2O5S2. The third kappa shape index (κ3) is 4.81. The topological polar surface area (TPSA) is 98.5 Å². The van der Waals surface area contributed by atoms with Crippen LogP contribution in [0.4, 0.5) is 10.7 Å². The van der Waals surface area contributed by atoms with Crippen molar-refractivity contribution in [3.05, 3.63) is 74.0 Å². The quantitative estimate of drug-likeness (QED) is 0.225. The molecule has 3 rings (SSSR count). The van der Waals surface area contributed by atoms with Crippen LogP contribution >= 0.6 is 22.7 Å². The van der Waals surface area contributed by atoms with Crippen molar-refractivity contribution < 1.29 is 19.2 Å². The Labute approximate surface area is 180 Å². The SMILES string of the molecule is CCOC(=O)c1c(NC(=O)/C=C/c2ccc([N+](=O)[O-])cc2)sc(C)c1-c1cccs1. The van der Waals surface area contributed by atoms with E-state index in [2.05, 4.69) is 5.32 Å². The first-order valence-electron chi connectivity index (χ1n) is 8.98. The number of hydrogen-bond donors (Lipinski definition) is 1. The third-order valence-corrected chi connectivity index (χ3v) is 6.01. The highest BCUT2D eigenvalue weighted by atomic mass is 32.1. The van der Waals surface area contributed by atoms with Crippen LogP contribution in [-0.4, -0.2) is 23.4 Å². The molecule has 3 aromatic rings. The summed E-state index contributed by atoms with van der Waals surface area (Å²) < 4.78 is 5.21. The second-order valence-corrected chi connectivity index (χ2v) is 8.28. The molecule has 0 unspecified atom stereocenters. The van der Waals surface area contributed by atoms with Gasteiger partial charge in [-0.2, -0.15) is 0 Å². The van der Waals surface area contributed by atoms with Gasteiger partial charge in [0.2, 0.25) is 5.91 Å². The van der Waals surface area contributed by atoms with Gasteiger partial charge in [-0.15, -0.1) is 22.7 Å². The summed E-state index contributed by atoms with van der Waals surface area (Å²) in [6, 6.07) is 9.66. The van der Waals surface area contributed by atoms with E-state index in [9.17, 15) is 19.7 Å². The number of benzene rings is 1. The van der Waals surface area contributed by atoms with Crippen LogP contribution in [0.3, 0.4) is 0 Å². The van der Waals surface area contributed by atoms with Crippen molar-refractivity contribution in [3.8, 4) is 10.4 Å². The Morgan fingerprint density at radius 1 is 1.23 bits per heavy atom. The van der Waals surface area contributed by atoms with Gasteiger partial charge in [0.05, 0.1) is 11.5 Å². The van der Waals surface area contributed by atoms with Crippen LogP contribution < -0.4 is 5.32 Å². The number of amides is 1. The number of nitrogens with one attached hydrogen (secondary N) is 1. The van der Waals surface area contributed by atoms with E-state index in [1.54, 1.807) is 25.1 Å². The van der Waals surface area contributed by atoms with Crippen molar-refractivity contribution in [3.63, 3.8) is 0 Å². The first-order chi connectivity index (χ1) is 14.4. The summed E-state index contributed by atoms with van der Waals surface area (Å²) in [7, 11) is 0. The van der Waals surface area contributed by atoms with Gasteiger partial charge in [0.1, 0.15) is 10.6 Å². The summed E-state index contributed by atoms with van der Waals surface area (Å²) in [5.41, 5.74) is 1.73. The highest BCUT2D eigenvalue weighted by molar-refractivity contribution is 7.18. The number of nitro benzene ring substituents is 1. The molecule has 9 heteroatoms. The Hall–Kier alpha value is -3.30. The van der Waals surface area contributed by atoms with Crippen LogP contribution in [0.5, 0.6) is 0 Å². The second-order valence-electron chi connectivity index (χ2n) is 6.11. The molecule has 0 spiro atoms. The number of nitrogens with zero attached hydrogens (tertiary/aromatic N) is 1. The lowest BCUT2D eigenvalue weighted by Gasteiger charge is -2.07. The zero-order valence-electron chi connectivity index (χ0n) is 16.2. The van der Waals surface area contributed by atoms with Gasteiger partial charge in [0, 0.05) is 33.5 Å². The Kier molecular flexibility index (Phi) is 6.76. The molecule has 2 aromatic heterocycles. The molecule has 7 nitrogen and oxygen atoms in total. The molecule has 0 aliphatic carbocycles. The highest BCUT2D eigenvalue weighted by Crippen LogP contribution is 2.42. The predicted octanol–water partition coefficient (Wildman–Crippen LogP) is 5.52. The summed E-state index contributed by atoms with van der Waals surface area (Å²) in [6.07, 6.45) is 2.86. The van der Waals surface area contributed by atoms with Gasteiger partial charge in [0.15, 0.2) is 0 Å². The van der Waals surface area contributed by atoms with E-state index in [4.69, 9.17) is 4.74 Å². The molecule has 154 valence electrons. The van der Waals surface area contributed by atoms with Crippen molar-refractivity contribution in [2.24, 2.45) is 0 Å². The molecule has 0 aliphatic rings. The Balaban J connectivity index is 1.85. The maximum atomic E-state index is 12.6. The lowest BCUT2D eigenvalue weighted by atomic mass is 10.1. The van der Waals surface area contributed by atoms with Gasteiger partial charge in [-0.05, 0) is 49.1 Å². The molecule has 0 aliphatic heterocycles. The highest BCUT2D eigenvalue weighted by Gasteiger charge is 2.25. The van der Waals surface area contributed by atoms with Crippen molar-refractivity contribution in [1.29, 1.82) is 0 Å². The molecular weight excluding hydrogens is 424 g/mol. The van der Waals surface area contributed by atoms with Crippen LogP contribution in [0.25, 0.3) is 16.5 Å². The maximum absolute atomic E-state index is 12.6. The number of hydrogen-bond acceptors (Lipinski definition) is 7. The Morgan fingerprint density at radius 3 is 2.57 bits per heavy atom. The summed E-state index contributed by atoms with van der Waals surface area (Å²) in [5.74, 6) is -0.905. The number of aryl methyl sites for hydroxylation is 1. The van der Waals surface area contributed by atoms with Crippen molar-refractivity contribution >= 4 is 51.3 Å². The van der Waals surface area contributed by atoms with Crippen LogP contribution in [0, 0.1) is 17.0 Å². The summed E-state index contributed by atoms with van der Waals surface area (Å²) in [5, 5.41) is 15.8. The molecule has 0 saturated heterocycles. The fourth-order valence-electron chi connectivity index (χ4n) is 2.78. The molecule has 0 atom stereocenters. The molecule has 0 saturated carbocycles. The summed E-state index contributed by atoms with van der Waals surface area (Å²) >= 11 is 2.82. The molecule has 1 N–H and O–H groups in total. The standard InChI is InChI=1S/C21H18N2O5S2/c1-3-28-21(25)19-18(16-5-4-12-29-16)13(2)30-20(19)22-17(24)11-8-14-6-9-15(10-7-14)23(26)27/h4-12H,3H2,1-2H3,(H,22,24)/b11-8+. The second kappa shape index (κ2) is 9.47. The molecule has 2 heterocycles. The van der Waals surface area contributed by atoms with Gasteiger partial charge >= 0.3 is 5.97 Å². The van der Waals surface area contributed by atoms with Gasteiger partial charge in [-0.25, -0.2) is 4.79 Å². The van der Waals surface area contributed by atoms with Crippen LogP contribution in [0.1, 0.15) is 27.7 Å². The number of carbonyl (C=O) groups is 2. The number of non-ortho nitro benzene ring substituents is 1. The van der Waals surface area contributed by atoms with E-state index in [0.717, 1.165) is 15.3 Å². The Bertz CT molecular complexity index is 1100. The normalized spacial score (nSPS) is 10.9. The van der Waals surface area contributed by atoms with Crippen molar-refractivity contribution in [2.45, 2.75) is 13.8 Å². The fraction of sp³-hybridized carbons (Fsp3) is 0.143. The largest absolute Gasteiger partial charge is 0.462 e. The molecule has 0 fully saturated rings. The Morgan fingerprint density at radius 2 is 1.97 bits per heavy atom. The van der Waals surface area contributed by atoms with Crippen molar-refractivity contribution in [2.75, 3.05) is 11.9 Å². The maximum Gasteiger partial charge on any atom is 0.341 e. The number of esters is 1. The van der Waals surface area contributed by atoms with Gasteiger partial charge < -0.3 is 10.1 Å². The van der Waals surface area contributed by atoms with E-state index in [1.165, 1.54) is 40.9 Å². The number of rotatable bonds is 7. The van der Waals surface area contributed by atoms with E-state index in [1.807, 2.05) is 24.4 Å². The first-order valence-corrected chi connectivity index (χ1v) is 10.7. The fourth-order valence-corrected chi connectivity index (χ4v) is 4.74. The molecule has 0 bridgehead atoms. The number of ether oxygens (including phenoxy) is 1. The predicted molar refractivity (Wildman–Crippen MR) is 119 cm³/mol. The van der Waals surface area contributed by atoms with E-state index in [-0.39, 0.29) is 12.3 Å². The van der Waals surface area contributed by atoms with Gasteiger partial charge in [-0.3, -0.25) is 14.9 Å². The zero-order chi connectivity index (χ0) is 21.7. The molecule has 1 aromatic carbocycles. The van der Waals surface area contributed by atoms with E-state index in [0.29, 0.717) is 16.1 Å².